The topological polar surface area (TPSA) is 64.4 Å². The Kier molecular flexibility index (Phi) is 4.18. The van der Waals surface area contributed by atoms with Gasteiger partial charge < -0.3 is 14.6 Å². The lowest BCUT2D eigenvalue weighted by atomic mass is 10.1. The van der Waals surface area contributed by atoms with Gasteiger partial charge >= 0.3 is 0 Å². The van der Waals surface area contributed by atoms with Gasteiger partial charge in [0, 0.05) is 18.2 Å². The Morgan fingerprint density at radius 2 is 2.26 bits per heavy atom. The van der Waals surface area contributed by atoms with Gasteiger partial charge in [0.1, 0.15) is 5.75 Å². The van der Waals surface area contributed by atoms with Gasteiger partial charge in [-0.3, -0.25) is 4.79 Å². The van der Waals surface area contributed by atoms with Gasteiger partial charge in [-0.15, -0.1) is 0 Å². The fourth-order valence-electron chi connectivity index (χ4n) is 1.73. The summed E-state index contributed by atoms with van der Waals surface area (Å²) in [6, 6.07) is 9.26. The average molecular weight is 260 g/mol. The Hall–Kier alpha value is -2.30. The number of hydrogen-bond acceptors (Lipinski definition) is 4. The number of benzene rings is 1. The highest BCUT2D eigenvalue weighted by atomic mass is 16.5. The minimum atomic E-state index is -0.0620. The molecule has 0 unspecified atom stereocenters. The Balaban J connectivity index is 2.13. The third kappa shape index (κ3) is 3.34. The summed E-state index contributed by atoms with van der Waals surface area (Å²) in [6.07, 6.45) is 0.224. The Bertz CT molecular complexity index is 563. The molecule has 1 amide bonds. The first-order valence-corrected chi connectivity index (χ1v) is 6.09. The summed E-state index contributed by atoms with van der Waals surface area (Å²) in [5.41, 5.74) is 1.48. The van der Waals surface area contributed by atoms with Gasteiger partial charge in [0.2, 0.25) is 5.91 Å². The summed E-state index contributed by atoms with van der Waals surface area (Å²) in [6.45, 7) is 2.49. The van der Waals surface area contributed by atoms with E-state index in [1.54, 1.807) is 13.2 Å². The van der Waals surface area contributed by atoms with E-state index >= 15 is 0 Å². The van der Waals surface area contributed by atoms with Crippen molar-refractivity contribution in [3.05, 3.63) is 36.0 Å². The summed E-state index contributed by atoms with van der Waals surface area (Å²) in [7, 11) is 1.61. The smallest absolute Gasteiger partial charge is 0.226 e. The molecule has 5 heteroatoms. The molecule has 0 fully saturated rings. The predicted octanol–water partition coefficient (Wildman–Crippen LogP) is 2.03. The molecule has 1 aromatic carbocycles. The maximum Gasteiger partial charge on any atom is 0.226 e. The van der Waals surface area contributed by atoms with Crippen LogP contribution in [0.2, 0.25) is 0 Å². The summed E-state index contributed by atoms with van der Waals surface area (Å²) in [5, 5.41) is 6.61. The zero-order valence-electron chi connectivity index (χ0n) is 11.0. The second-order valence-electron chi connectivity index (χ2n) is 4.04. The number of likely N-dealkylation sites (N-methyl/N-ethyl adjacent to an activating group) is 1. The summed E-state index contributed by atoms with van der Waals surface area (Å²) in [5.74, 6) is 1.31. The lowest BCUT2D eigenvalue weighted by molar-refractivity contribution is -0.120. The molecule has 2 rings (SSSR count). The van der Waals surface area contributed by atoms with E-state index in [0.29, 0.717) is 18.0 Å². The molecule has 1 heterocycles. The van der Waals surface area contributed by atoms with Gasteiger partial charge in [-0.1, -0.05) is 17.3 Å². The van der Waals surface area contributed by atoms with Crippen LogP contribution in [0, 0.1) is 0 Å². The van der Waals surface area contributed by atoms with E-state index in [4.69, 9.17) is 9.26 Å². The van der Waals surface area contributed by atoms with Gasteiger partial charge in [-0.2, -0.15) is 0 Å². The monoisotopic (exact) mass is 260 g/mol. The molecule has 2 aromatic rings. The van der Waals surface area contributed by atoms with Crippen LogP contribution in [0.5, 0.6) is 5.75 Å². The van der Waals surface area contributed by atoms with Crippen molar-refractivity contribution in [3.63, 3.8) is 0 Å². The van der Waals surface area contributed by atoms with E-state index in [-0.39, 0.29) is 12.3 Å². The van der Waals surface area contributed by atoms with Crippen molar-refractivity contribution in [2.24, 2.45) is 0 Å². The molecule has 0 saturated heterocycles. The number of carbonyl (C=O) groups excluding carboxylic acids is 1. The molecule has 5 nitrogen and oxygen atoms in total. The van der Waals surface area contributed by atoms with Crippen LogP contribution in [0.25, 0.3) is 11.3 Å². The molecule has 0 bridgehead atoms. The number of rotatable bonds is 5. The molecule has 0 radical (unpaired) electrons. The molecular weight excluding hydrogens is 244 g/mol. The predicted molar refractivity (Wildman–Crippen MR) is 70.9 cm³/mol. The molecule has 0 atom stereocenters. The van der Waals surface area contributed by atoms with E-state index < -0.39 is 0 Å². The van der Waals surface area contributed by atoms with Crippen molar-refractivity contribution in [1.29, 1.82) is 0 Å². The summed E-state index contributed by atoms with van der Waals surface area (Å²) in [4.78, 5) is 11.4. The van der Waals surface area contributed by atoms with Crippen LogP contribution in [-0.4, -0.2) is 24.7 Å². The number of nitrogens with one attached hydrogen (secondary N) is 1. The first-order chi connectivity index (χ1) is 9.22. The van der Waals surface area contributed by atoms with E-state index in [2.05, 4.69) is 10.5 Å². The van der Waals surface area contributed by atoms with Gasteiger partial charge in [0.05, 0.1) is 19.2 Å². The number of ether oxygens (including phenoxy) is 1. The van der Waals surface area contributed by atoms with Crippen molar-refractivity contribution in [2.75, 3.05) is 13.7 Å². The molecule has 0 aliphatic rings. The van der Waals surface area contributed by atoms with Crippen LogP contribution in [0.3, 0.4) is 0 Å². The van der Waals surface area contributed by atoms with E-state index in [0.717, 1.165) is 11.3 Å². The highest BCUT2D eigenvalue weighted by Crippen LogP contribution is 2.24. The normalized spacial score (nSPS) is 10.2. The third-order valence-corrected chi connectivity index (χ3v) is 2.63. The molecule has 1 N–H and O–H groups in total. The van der Waals surface area contributed by atoms with E-state index in [9.17, 15) is 4.79 Å². The summed E-state index contributed by atoms with van der Waals surface area (Å²) < 4.78 is 10.4. The maximum atomic E-state index is 11.4. The molecule has 100 valence electrons. The summed E-state index contributed by atoms with van der Waals surface area (Å²) >= 11 is 0. The minimum Gasteiger partial charge on any atom is -0.497 e. The number of hydrogen-bond donors (Lipinski definition) is 1. The first kappa shape index (κ1) is 13.1. The zero-order valence-corrected chi connectivity index (χ0v) is 11.0. The van der Waals surface area contributed by atoms with Crippen molar-refractivity contribution in [2.45, 2.75) is 13.3 Å². The Labute approximate surface area is 111 Å². The minimum absolute atomic E-state index is 0.0620. The van der Waals surface area contributed by atoms with Crippen molar-refractivity contribution < 1.29 is 14.1 Å². The highest BCUT2D eigenvalue weighted by molar-refractivity contribution is 5.78. The van der Waals surface area contributed by atoms with Gasteiger partial charge in [-0.05, 0) is 19.1 Å². The number of methoxy groups -OCH3 is 1. The van der Waals surface area contributed by atoms with Crippen LogP contribution in [-0.2, 0) is 11.2 Å². The standard InChI is InChI=1S/C14H16N2O3/c1-3-15-14(17)9-11-8-13(19-16-11)10-5-4-6-12(7-10)18-2/h4-8H,3,9H2,1-2H3,(H,15,17). The lowest BCUT2D eigenvalue weighted by Crippen LogP contribution is -2.24. The fourth-order valence-corrected chi connectivity index (χ4v) is 1.73. The number of nitrogens with zero attached hydrogens (tertiary/aromatic N) is 1. The van der Waals surface area contributed by atoms with Gasteiger partial charge in [0.15, 0.2) is 5.76 Å². The number of aromatic nitrogens is 1. The highest BCUT2D eigenvalue weighted by Gasteiger charge is 2.10. The molecular formula is C14H16N2O3. The van der Waals surface area contributed by atoms with Gasteiger partial charge in [0.25, 0.3) is 0 Å². The molecule has 0 aliphatic heterocycles. The number of carbonyl (C=O) groups is 1. The molecule has 19 heavy (non-hydrogen) atoms. The zero-order chi connectivity index (χ0) is 13.7. The third-order valence-electron chi connectivity index (χ3n) is 2.63. The first-order valence-electron chi connectivity index (χ1n) is 6.09. The van der Waals surface area contributed by atoms with Crippen LogP contribution in [0.1, 0.15) is 12.6 Å². The average Bonchev–Trinajstić information content (AvgIpc) is 2.87. The van der Waals surface area contributed by atoms with Crippen LogP contribution < -0.4 is 10.1 Å². The van der Waals surface area contributed by atoms with Crippen LogP contribution in [0.15, 0.2) is 34.9 Å². The van der Waals surface area contributed by atoms with Crippen LogP contribution >= 0.6 is 0 Å². The SMILES string of the molecule is CCNC(=O)Cc1cc(-c2cccc(OC)c2)on1. The largest absolute Gasteiger partial charge is 0.497 e. The van der Waals surface area contributed by atoms with E-state index in [1.165, 1.54) is 0 Å². The van der Waals surface area contributed by atoms with Gasteiger partial charge in [-0.25, -0.2) is 0 Å². The fraction of sp³-hybridized carbons (Fsp3) is 0.286. The van der Waals surface area contributed by atoms with Crippen molar-refractivity contribution >= 4 is 5.91 Å². The second kappa shape index (κ2) is 6.04. The van der Waals surface area contributed by atoms with Crippen LogP contribution in [0.4, 0.5) is 0 Å². The molecule has 1 aromatic heterocycles. The number of amides is 1. The maximum absolute atomic E-state index is 11.4. The molecule has 0 aliphatic carbocycles. The van der Waals surface area contributed by atoms with Crippen molar-refractivity contribution in [3.8, 4) is 17.1 Å². The Morgan fingerprint density at radius 3 is 3.00 bits per heavy atom. The molecule has 0 spiro atoms. The quantitative estimate of drug-likeness (QED) is 0.893. The van der Waals surface area contributed by atoms with Crippen molar-refractivity contribution in [1.82, 2.24) is 10.5 Å². The second-order valence-corrected chi connectivity index (χ2v) is 4.04. The van der Waals surface area contributed by atoms with E-state index in [1.807, 2.05) is 31.2 Å². The molecule has 0 saturated carbocycles. The lowest BCUT2D eigenvalue weighted by Gasteiger charge is -2.00. The Morgan fingerprint density at radius 1 is 1.42 bits per heavy atom.